The third-order valence-electron chi connectivity index (χ3n) is 2.81. The number of aryl methyl sites for hydroxylation is 1. The second-order valence-corrected chi connectivity index (χ2v) is 5.44. The summed E-state index contributed by atoms with van der Waals surface area (Å²) in [5.74, 6) is 1.32. The predicted octanol–water partition coefficient (Wildman–Crippen LogP) is 2.61. The van der Waals surface area contributed by atoms with Crippen LogP contribution in [0.15, 0.2) is 16.5 Å². The molecule has 0 saturated heterocycles. The van der Waals surface area contributed by atoms with E-state index >= 15 is 0 Å². The third-order valence-corrected chi connectivity index (χ3v) is 4.02. The standard InChI is InChI=1S/C12H15N3OS/c1-2-9-5-6-10(17-9)12-15-14-11(16-12)7-13-8-3-4-8/h5-6,8,13H,2-4,7H2,1H3. The number of nitrogens with one attached hydrogen (secondary N) is 1. The molecule has 90 valence electrons. The second kappa shape index (κ2) is 4.58. The Hall–Kier alpha value is -1.20. The Kier molecular flexibility index (Phi) is 2.94. The van der Waals surface area contributed by atoms with Crippen molar-refractivity contribution in [1.29, 1.82) is 0 Å². The number of hydrogen-bond donors (Lipinski definition) is 1. The van der Waals surface area contributed by atoms with Crippen molar-refractivity contribution in [3.63, 3.8) is 0 Å². The molecule has 0 unspecified atom stereocenters. The molecule has 0 amide bonds. The average molecular weight is 249 g/mol. The van der Waals surface area contributed by atoms with Crippen LogP contribution < -0.4 is 5.32 Å². The van der Waals surface area contributed by atoms with Gasteiger partial charge in [0.15, 0.2) is 0 Å². The van der Waals surface area contributed by atoms with Gasteiger partial charge in [0.2, 0.25) is 5.89 Å². The lowest BCUT2D eigenvalue weighted by Gasteiger charge is -1.95. The molecule has 0 atom stereocenters. The second-order valence-electron chi connectivity index (χ2n) is 4.28. The molecule has 2 aromatic heterocycles. The van der Waals surface area contributed by atoms with Gasteiger partial charge in [0.25, 0.3) is 5.89 Å². The first kappa shape index (κ1) is 10.9. The Bertz CT molecular complexity index is 501. The molecule has 1 saturated carbocycles. The van der Waals surface area contributed by atoms with Crippen LogP contribution in [0.4, 0.5) is 0 Å². The van der Waals surface area contributed by atoms with Gasteiger partial charge >= 0.3 is 0 Å². The molecule has 1 fully saturated rings. The first-order chi connectivity index (χ1) is 8.35. The zero-order valence-corrected chi connectivity index (χ0v) is 10.6. The topological polar surface area (TPSA) is 51.0 Å². The van der Waals surface area contributed by atoms with Crippen LogP contribution in [-0.4, -0.2) is 16.2 Å². The minimum atomic E-state index is 0.641. The fourth-order valence-corrected chi connectivity index (χ4v) is 2.50. The smallest absolute Gasteiger partial charge is 0.257 e. The number of nitrogens with zero attached hydrogens (tertiary/aromatic N) is 2. The van der Waals surface area contributed by atoms with Gasteiger partial charge < -0.3 is 9.73 Å². The summed E-state index contributed by atoms with van der Waals surface area (Å²) in [6.07, 6.45) is 3.59. The van der Waals surface area contributed by atoms with E-state index in [0.717, 1.165) is 11.3 Å². The van der Waals surface area contributed by atoms with E-state index in [9.17, 15) is 0 Å². The highest BCUT2D eigenvalue weighted by Gasteiger charge is 2.21. The number of hydrogen-bond acceptors (Lipinski definition) is 5. The van der Waals surface area contributed by atoms with E-state index in [1.54, 1.807) is 11.3 Å². The van der Waals surface area contributed by atoms with Crippen molar-refractivity contribution in [3.8, 4) is 10.8 Å². The van der Waals surface area contributed by atoms with Crippen molar-refractivity contribution < 1.29 is 4.42 Å². The molecule has 2 aromatic rings. The molecule has 1 N–H and O–H groups in total. The van der Waals surface area contributed by atoms with E-state index in [0.29, 0.717) is 24.4 Å². The maximum absolute atomic E-state index is 5.63. The van der Waals surface area contributed by atoms with Crippen LogP contribution in [0.2, 0.25) is 0 Å². The first-order valence-corrected chi connectivity index (χ1v) is 6.81. The predicted molar refractivity (Wildman–Crippen MR) is 66.9 cm³/mol. The lowest BCUT2D eigenvalue weighted by molar-refractivity contribution is 0.477. The van der Waals surface area contributed by atoms with Gasteiger partial charge in [-0.1, -0.05) is 6.92 Å². The van der Waals surface area contributed by atoms with Crippen LogP contribution in [0.5, 0.6) is 0 Å². The van der Waals surface area contributed by atoms with Crippen molar-refractivity contribution in [2.24, 2.45) is 0 Å². The molecule has 0 bridgehead atoms. The molecule has 1 aliphatic carbocycles. The van der Waals surface area contributed by atoms with Gasteiger partial charge in [-0.15, -0.1) is 21.5 Å². The van der Waals surface area contributed by atoms with Crippen LogP contribution in [0.25, 0.3) is 10.8 Å². The molecule has 1 aliphatic rings. The zero-order chi connectivity index (χ0) is 11.7. The largest absolute Gasteiger partial charge is 0.419 e. The fourth-order valence-electron chi connectivity index (χ4n) is 1.63. The van der Waals surface area contributed by atoms with Crippen molar-refractivity contribution in [3.05, 3.63) is 22.9 Å². The van der Waals surface area contributed by atoms with Gasteiger partial charge in [0.05, 0.1) is 11.4 Å². The fraction of sp³-hybridized carbons (Fsp3) is 0.500. The van der Waals surface area contributed by atoms with Crippen molar-refractivity contribution >= 4 is 11.3 Å². The van der Waals surface area contributed by atoms with E-state index in [4.69, 9.17) is 4.42 Å². The van der Waals surface area contributed by atoms with Gasteiger partial charge in [0.1, 0.15) is 0 Å². The summed E-state index contributed by atoms with van der Waals surface area (Å²) in [6, 6.07) is 4.83. The van der Waals surface area contributed by atoms with Crippen LogP contribution in [-0.2, 0) is 13.0 Å². The summed E-state index contributed by atoms with van der Waals surface area (Å²) in [7, 11) is 0. The molecule has 0 radical (unpaired) electrons. The Labute approximate surface area is 104 Å². The maximum atomic E-state index is 5.63. The highest BCUT2D eigenvalue weighted by atomic mass is 32.1. The molecule has 3 rings (SSSR count). The van der Waals surface area contributed by atoms with Gasteiger partial charge in [-0.05, 0) is 31.4 Å². The van der Waals surface area contributed by atoms with Gasteiger partial charge in [0, 0.05) is 10.9 Å². The van der Waals surface area contributed by atoms with Crippen molar-refractivity contribution in [2.45, 2.75) is 38.8 Å². The minimum Gasteiger partial charge on any atom is -0.419 e. The molecule has 5 heteroatoms. The lowest BCUT2D eigenvalue weighted by atomic mass is 10.4. The van der Waals surface area contributed by atoms with Gasteiger partial charge in [-0.3, -0.25) is 0 Å². The summed E-state index contributed by atoms with van der Waals surface area (Å²) in [5, 5.41) is 11.5. The van der Waals surface area contributed by atoms with E-state index in [1.165, 1.54) is 17.7 Å². The maximum Gasteiger partial charge on any atom is 0.257 e. The molecular formula is C12H15N3OS. The van der Waals surface area contributed by atoms with Gasteiger partial charge in [-0.2, -0.15) is 0 Å². The molecule has 17 heavy (non-hydrogen) atoms. The summed E-state index contributed by atoms with van der Waals surface area (Å²) >= 11 is 1.72. The van der Waals surface area contributed by atoms with Crippen LogP contribution in [0, 0.1) is 0 Å². The summed E-state index contributed by atoms with van der Waals surface area (Å²) < 4.78 is 5.63. The number of aromatic nitrogens is 2. The molecule has 4 nitrogen and oxygen atoms in total. The number of thiophene rings is 1. The molecule has 0 aliphatic heterocycles. The van der Waals surface area contributed by atoms with Crippen molar-refractivity contribution in [1.82, 2.24) is 15.5 Å². The first-order valence-electron chi connectivity index (χ1n) is 6.00. The highest BCUT2D eigenvalue weighted by Crippen LogP contribution is 2.27. The van der Waals surface area contributed by atoms with Crippen LogP contribution >= 0.6 is 11.3 Å². The monoisotopic (exact) mass is 249 g/mol. The summed E-state index contributed by atoms with van der Waals surface area (Å²) in [5.41, 5.74) is 0. The Balaban J connectivity index is 1.69. The normalized spacial score (nSPS) is 15.4. The summed E-state index contributed by atoms with van der Waals surface area (Å²) in [6.45, 7) is 2.83. The summed E-state index contributed by atoms with van der Waals surface area (Å²) in [4.78, 5) is 2.41. The Morgan fingerprint density at radius 3 is 3.00 bits per heavy atom. The van der Waals surface area contributed by atoms with Crippen LogP contribution in [0.3, 0.4) is 0 Å². The molecule has 0 spiro atoms. The zero-order valence-electron chi connectivity index (χ0n) is 9.77. The molecular weight excluding hydrogens is 234 g/mol. The molecule has 0 aromatic carbocycles. The van der Waals surface area contributed by atoms with Crippen molar-refractivity contribution in [2.75, 3.05) is 0 Å². The van der Waals surface area contributed by atoms with E-state index in [-0.39, 0.29) is 0 Å². The Morgan fingerprint density at radius 2 is 2.29 bits per heavy atom. The van der Waals surface area contributed by atoms with Crippen LogP contribution in [0.1, 0.15) is 30.5 Å². The third kappa shape index (κ3) is 2.56. The minimum absolute atomic E-state index is 0.641. The lowest BCUT2D eigenvalue weighted by Crippen LogP contribution is -2.15. The average Bonchev–Trinajstić information content (AvgIpc) is 2.89. The quantitative estimate of drug-likeness (QED) is 0.885. The van der Waals surface area contributed by atoms with E-state index in [2.05, 4.69) is 34.6 Å². The Morgan fingerprint density at radius 1 is 1.41 bits per heavy atom. The highest BCUT2D eigenvalue weighted by molar-refractivity contribution is 7.15. The van der Waals surface area contributed by atoms with Gasteiger partial charge in [-0.25, -0.2) is 0 Å². The SMILES string of the molecule is CCc1ccc(-c2nnc(CNC3CC3)o2)s1. The number of rotatable bonds is 5. The van der Waals surface area contributed by atoms with E-state index in [1.807, 2.05) is 0 Å². The van der Waals surface area contributed by atoms with E-state index < -0.39 is 0 Å². The molecule has 2 heterocycles.